The van der Waals surface area contributed by atoms with Gasteiger partial charge in [-0.25, -0.2) is 9.78 Å². The maximum atomic E-state index is 13.0. The number of amides is 1. The first-order valence-electron chi connectivity index (χ1n) is 11.1. The Morgan fingerprint density at radius 3 is 2.65 bits per heavy atom. The van der Waals surface area contributed by atoms with Gasteiger partial charge in [-0.1, -0.05) is 0 Å². The van der Waals surface area contributed by atoms with Crippen molar-refractivity contribution in [2.45, 2.75) is 6.92 Å². The van der Waals surface area contributed by atoms with E-state index in [1.807, 2.05) is 19.1 Å². The third-order valence-corrected chi connectivity index (χ3v) is 6.77. The molecule has 4 aromatic rings. The largest absolute Gasteiger partial charge is 0.495 e. The van der Waals surface area contributed by atoms with Crippen molar-refractivity contribution in [3.05, 3.63) is 70.2 Å². The minimum atomic E-state index is -0.742. The molecule has 3 heterocycles. The Morgan fingerprint density at radius 1 is 1.05 bits per heavy atom. The van der Waals surface area contributed by atoms with Crippen LogP contribution in [0.3, 0.4) is 0 Å². The Balaban J connectivity index is 1.30. The van der Waals surface area contributed by atoms with E-state index in [1.165, 1.54) is 42.7 Å². The molecule has 0 fully saturated rings. The molecular formula is C26H21N3O7S. The van der Waals surface area contributed by atoms with Crippen molar-refractivity contribution in [3.8, 4) is 17.2 Å². The van der Waals surface area contributed by atoms with Crippen molar-refractivity contribution < 1.29 is 33.3 Å². The van der Waals surface area contributed by atoms with E-state index in [2.05, 4.69) is 10.3 Å². The molecule has 0 aliphatic carbocycles. The highest BCUT2D eigenvalue weighted by atomic mass is 32.1. The molecule has 37 heavy (non-hydrogen) atoms. The van der Waals surface area contributed by atoms with Gasteiger partial charge in [0.15, 0.2) is 23.9 Å². The first-order chi connectivity index (χ1) is 17.8. The smallest absolute Gasteiger partial charge is 0.338 e. The van der Waals surface area contributed by atoms with Crippen molar-refractivity contribution in [1.82, 2.24) is 4.98 Å². The zero-order valence-corrected chi connectivity index (χ0v) is 20.6. The molecule has 2 aromatic carbocycles. The molecule has 0 spiro atoms. The number of carbonyl (C=O) groups excluding carboxylic acids is 3. The summed E-state index contributed by atoms with van der Waals surface area (Å²) in [7, 11) is 1.44. The molecule has 3 N–H and O–H groups in total. The fraction of sp³-hybridized carbons (Fsp3) is 0.154. The van der Waals surface area contributed by atoms with Gasteiger partial charge in [0.1, 0.15) is 15.5 Å². The number of aryl methyl sites for hydroxylation is 1. The number of nitrogens with one attached hydrogen (secondary N) is 1. The Bertz CT molecular complexity index is 1560. The van der Waals surface area contributed by atoms with Crippen LogP contribution < -0.4 is 25.3 Å². The van der Waals surface area contributed by atoms with Gasteiger partial charge in [0, 0.05) is 16.6 Å². The van der Waals surface area contributed by atoms with Gasteiger partial charge in [0.2, 0.25) is 6.79 Å². The van der Waals surface area contributed by atoms with Gasteiger partial charge < -0.3 is 30.0 Å². The highest BCUT2D eigenvalue weighted by molar-refractivity contribution is 7.21. The maximum Gasteiger partial charge on any atom is 0.338 e. The number of pyridine rings is 1. The number of fused-ring (bicyclic) bond motifs is 2. The number of thiophene rings is 1. The summed E-state index contributed by atoms with van der Waals surface area (Å²) in [6.45, 7) is 1.47. The summed E-state index contributed by atoms with van der Waals surface area (Å²) in [6.07, 6.45) is 0. The number of ketones is 1. The summed E-state index contributed by atoms with van der Waals surface area (Å²) in [5, 5.41) is 3.43. The number of rotatable bonds is 7. The lowest BCUT2D eigenvalue weighted by atomic mass is 10.1. The molecule has 0 bridgehead atoms. The number of aromatic nitrogens is 1. The molecular weight excluding hydrogens is 498 g/mol. The standard InChI is InChI=1S/C26H21N3O7S/c1-13-3-6-16-22(27)23(37-25(16)28-13)24(31)29-17-9-15(5-7-19(17)33-2)26(32)34-11-18(30)14-4-8-20-21(10-14)36-12-35-20/h3-10H,11-12,27H2,1-2H3,(H,29,31). The van der Waals surface area contributed by atoms with E-state index in [0.717, 1.165) is 5.69 Å². The summed E-state index contributed by atoms with van der Waals surface area (Å²) in [6, 6.07) is 12.8. The lowest BCUT2D eigenvalue weighted by Crippen LogP contribution is -2.16. The van der Waals surface area contributed by atoms with Crippen LogP contribution in [0.4, 0.5) is 11.4 Å². The monoisotopic (exact) mass is 519 g/mol. The number of hydrogen-bond donors (Lipinski definition) is 2. The molecule has 1 amide bonds. The number of hydrogen-bond acceptors (Lipinski definition) is 10. The fourth-order valence-corrected chi connectivity index (χ4v) is 4.77. The van der Waals surface area contributed by atoms with Gasteiger partial charge >= 0.3 is 5.97 Å². The topological polar surface area (TPSA) is 139 Å². The molecule has 1 aliphatic heterocycles. The van der Waals surface area contributed by atoms with Crippen LogP contribution in [0.1, 0.15) is 36.1 Å². The van der Waals surface area contributed by atoms with Gasteiger partial charge in [-0.15, -0.1) is 11.3 Å². The van der Waals surface area contributed by atoms with E-state index in [1.54, 1.807) is 12.1 Å². The number of nitrogen functional groups attached to an aromatic ring is 1. The van der Waals surface area contributed by atoms with Crippen molar-refractivity contribution in [1.29, 1.82) is 0 Å². The number of esters is 1. The number of benzene rings is 2. The molecule has 0 unspecified atom stereocenters. The molecule has 5 rings (SSSR count). The quantitative estimate of drug-likeness (QED) is 0.271. The molecule has 188 valence electrons. The number of ether oxygens (including phenoxy) is 4. The maximum absolute atomic E-state index is 13.0. The van der Waals surface area contributed by atoms with Crippen molar-refractivity contribution in [3.63, 3.8) is 0 Å². The average Bonchev–Trinajstić information content (AvgIpc) is 3.50. The zero-order valence-electron chi connectivity index (χ0n) is 19.8. The third-order valence-electron chi connectivity index (χ3n) is 5.65. The Labute approximate surface area is 214 Å². The highest BCUT2D eigenvalue weighted by Crippen LogP contribution is 2.35. The van der Waals surface area contributed by atoms with E-state index < -0.39 is 24.3 Å². The van der Waals surface area contributed by atoms with Gasteiger partial charge in [0.25, 0.3) is 5.91 Å². The molecule has 10 nitrogen and oxygen atoms in total. The summed E-state index contributed by atoms with van der Waals surface area (Å²) in [5.41, 5.74) is 8.01. The number of methoxy groups -OCH3 is 1. The molecule has 0 atom stereocenters. The van der Waals surface area contributed by atoms with Gasteiger partial charge in [-0.3, -0.25) is 9.59 Å². The van der Waals surface area contributed by atoms with Crippen LogP contribution >= 0.6 is 11.3 Å². The van der Waals surface area contributed by atoms with Crippen molar-refractivity contribution in [2.24, 2.45) is 0 Å². The molecule has 0 radical (unpaired) electrons. The number of carbonyl (C=O) groups is 3. The van der Waals surface area contributed by atoms with Crippen LogP contribution in [0.2, 0.25) is 0 Å². The van der Waals surface area contributed by atoms with Crippen LogP contribution in [-0.4, -0.2) is 43.2 Å². The van der Waals surface area contributed by atoms with Crippen LogP contribution in [0.15, 0.2) is 48.5 Å². The van der Waals surface area contributed by atoms with E-state index in [0.29, 0.717) is 38.7 Å². The van der Waals surface area contributed by atoms with Gasteiger partial charge in [0.05, 0.1) is 24.0 Å². The van der Waals surface area contributed by atoms with Crippen LogP contribution in [-0.2, 0) is 4.74 Å². The molecule has 0 saturated heterocycles. The fourth-order valence-electron chi connectivity index (χ4n) is 3.74. The minimum Gasteiger partial charge on any atom is -0.495 e. The highest BCUT2D eigenvalue weighted by Gasteiger charge is 2.21. The molecule has 0 saturated carbocycles. The van der Waals surface area contributed by atoms with E-state index >= 15 is 0 Å². The van der Waals surface area contributed by atoms with Crippen molar-refractivity contribution in [2.75, 3.05) is 31.6 Å². The number of nitrogens with two attached hydrogens (primary N) is 1. The summed E-state index contributed by atoms with van der Waals surface area (Å²) >= 11 is 1.17. The second-order valence-electron chi connectivity index (χ2n) is 8.09. The first kappa shape index (κ1) is 24.1. The Kier molecular flexibility index (Phi) is 6.36. The van der Waals surface area contributed by atoms with Gasteiger partial charge in [-0.2, -0.15) is 0 Å². The van der Waals surface area contributed by atoms with E-state index in [9.17, 15) is 14.4 Å². The van der Waals surface area contributed by atoms with Crippen LogP contribution in [0.5, 0.6) is 17.2 Å². The van der Waals surface area contributed by atoms with E-state index in [4.69, 9.17) is 24.7 Å². The molecule has 2 aromatic heterocycles. The van der Waals surface area contributed by atoms with Crippen molar-refractivity contribution >= 4 is 50.6 Å². The predicted octanol–water partition coefficient (Wildman–Crippen LogP) is 4.22. The summed E-state index contributed by atoms with van der Waals surface area (Å²) < 4.78 is 21.0. The Morgan fingerprint density at radius 2 is 1.84 bits per heavy atom. The number of anilines is 2. The van der Waals surface area contributed by atoms with Gasteiger partial charge in [-0.05, 0) is 55.5 Å². The minimum absolute atomic E-state index is 0.0877. The summed E-state index contributed by atoms with van der Waals surface area (Å²) in [4.78, 5) is 43.6. The predicted molar refractivity (Wildman–Crippen MR) is 137 cm³/mol. The van der Waals surface area contributed by atoms with Crippen LogP contribution in [0, 0.1) is 6.92 Å². The number of Topliss-reactive ketones (excluding diaryl/α,β-unsaturated/α-hetero) is 1. The number of nitrogens with zero attached hydrogens (tertiary/aromatic N) is 1. The summed E-state index contributed by atoms with van der Waals surface area (Å²) in [5.74, 6) is -0.288. The first-order valence-corrected chi connectivity index (χ1v) is 11.9. The Hall–Kier alpha value is -4.64. The normalized spacial score (nSPS) is 11.8. The lowest BCUT2D eigenvalue weighted by molar-refractivity contribution is 0.0474. The lowest BCUT2D eigenvalue weighted by Gasteiger charge is -2.12. The average molecular weight is 520 g/mol. The SMILES string of the molecule is COc1ccc(C(=O)OCC(=O)c2ccc3c(c2)OCO3)cc1NC(=O)c1sc2nc(C)ccc2c1N. The molecule has 1 aliphatic rings. The molecule has 11 heteroatoms. The second-order valence-corrected chi connectivity index (χ2v) is 9.09. The third kappa shape index (κ3) is 4.76. The zero-order chi connectivity index (χ0) is 26.1. The van der Waals surface area contributed by atoms with E-state index in [-0.39, 0.29) is 22.9 Å². The second kappa shape index (κ2) is 9.78. The van der Waals surface area contributed by atoms with Crippen LogP contribution in [0.25, 0.3) is 10.2 Å².